The van der Waals surface area contributed by atoms with Gasteiger partial charge in [-0.25, -0.2) is 9.97 Å². The van der Waals surface area contributed by atoms with E-state index in [1.165, 1.54) is 0 Å². The van der Waals surface area contributed by atoms with Gasteiger partial charge in [-0.2, -0.15) is 0 Å². The van der Waals surface area contributed by atoms with Crippen LogP contribution in [0.5, 0.6) is 5.75 Å². The molecule has 0 amide bonds. The van der Waals surface area contributed by atoms with Gasteiger partial charge in [-0.05, 0) is 19.0 Å². The van der Waals surface area contributed by atoms with E-state index < -0.39 is 0 Å². The predicted octanol–water partition coefficient (Wildman–Crippen LogP) is 1.72. The summed E-state index contributed by atoms with van der Waals surface area (Å²) >= 11 is 0. The van der Waals surface area contributed by atoms with E-state index in [1.54, 1.807) is 13.4 Å². The zero-order valence-electron chi connectivity index (χ0n) is 9.81. The van der Waals surface area contributed by atoms with Crippen LogP contribution in [0.4, 0.5) is 0 Å². The van der Waals surface area contributed by atoms with Gasteiger partial charge in [0.15, 0.2) is 0 Å². The molecule has 1 aromatic carbocycles. The van der Waals surface area contributed by atoms with Gasteiger partial charge in [-0.3, -0.25) is 0 Å². The molecule has 1 atom stereocenters. The molecule has 1 aromatic heterocycles. The number of nitrogens with zero attached hydrogens (tertiary/aromatic N) is 2. The third kappa shape index (κ3) is 1.74. The molecule has 17 heavy (non-hydrogen) atoms. The molecule has 2 aromatic rings. The molecule has 0 radical (unpaired) electrons. The molecule has 1 aliphatic rings. The normalized spacial score (nSPS) is 19.7. The van der Waals surface area contributed by atoms with E-state index in [0.29, 0.717) is 5.92 Å². The summed E-state index contributed by atoms with van der Waals surface area (Å²) in [5, 5.41) is 4.48. The van der Waals surface area contributed by atoms with Crippen molar-refractivity contribution in [1.29, 1.82) is 0 Å². The Bertz CT molecular complexity index is 535. The second kappa shape index (κ2) is 4.30. The van der Waals surface area contributed by atoms with E-state index in [4.69, 9.17) is 4.74 Å². The molecule has 4 heteroatoms. The van der Waals surface area contributed by atoms with Crippen LogP contribution in [0.3, 0.4) is 0 Å². The maximum atomic E-state index is 5.34. The monoisotopic (exact) mass is 229 g/mol. The number of para-hydroxylation sites is 1. The SMILES string of the molecule is COc1cccc2c(C3CCNC3)ncnc12. The first-order valence-electron chi connectivity index (χ1n) is 5.88. The third-order valence-electron chi connectivity index (χ3n) is 3.33. The minimum absolute atomic E-state index is 0.493. The lowest BCUT2D eigenvalue weighted by Crippen LogP contribution is -2.09. The molecule has 1 unspecified atom stereocenters. The average Bonchev–Trinajstić information content (AvgIpc) is 2.91. The van der Waals surface area contributed by atoms with Crippen molar-refractivity contribution in [2.24, 2.45) is 0 Å². The van der Waals surface area contributed by atoms with Gasteiger partial charge in [0.05, 0.1) is 12.8 Å². The van der Waals surface area contributed by atoms with Gasteiger partial charge in [0.1, 0.15) is 17.6 Å². The lowest BCUT2D eigenvalue weighted by atomic mass is 10.00. The van der Waals surface area contributed by atoms with Gasteiger partial charge in [0.25, 0.3) is 0 Å². The first-order valence-corrected chi connectivity index (χ1v) is 5.88. The maximum absolute atomic E-state index is 5.34. The molecule has 0 aliphatic carbocycles. The van der Waals surface area contributed by atoms with Crippen LogP contribution >= 0.6 is 0 Å². The summed E-state index contributed by atoms with van der Waals surface area (Å²) in [7, 11) is 1.67. The Morgan fingerprint density at radius 1 is 1.35 bits per heavy atom. The Morgan fingerprint density at radius 3 is 3.06 bits per heavy atom. The number of fused-ring (bicyclic) bond motifs is 1. The summed E-state index contributed by atoms with van der Waals surface area (Å²) in [6, 6.07) is 6.01. The van der Waals surface area contributed by atoms with Crippen LogP contribution in [0.1, 0.15) is 18.0 Å². The third-order valence-corrected chi connectivity index (χ3v) is 3.33. The molecular weight excluding hydrogens is 214 g/mol. The summed E-state index contributed by atoms with van der Waals surface area (Å²) in [6.07, 6.45) is 2.78. The van der Waals surface area contributed by atoms with Gasteiger partial charge in [0.2, 0.25) is 0 Å². The minimum Gasteiger partial charge on any atom is -0.494 e. The molecule has 1 N–H and O–H groups in total. The van der Waals surface area contributed by atoms with E-state index in [2.05, 4.69) is 21.4 Å². The van der Waals surface area contributed by atoms with Crippen molar-refractivity contribution < 1.29 is 4.74 Å². The Balaban J connectivity index is 2.18. The summed E-state index contributed by atoms with van der Waals surface area (Å²) in [5.74, 6) is 1.31. The van der Waals surface area contributed by atoms with E-state index >= 15 is 0 Å². The molecule has 3 rings (SSSR count). The van der Waals surface area contributed by atoms with E-state index in [9.17, 15) is 0 Å². The van der Waals surface area contributed by atoms with Crippen LogP contribution in [-0.2, 0) is 0 Å². The fourth-order valence-corrected chi connectivity index (χ4v) is 2.46. The molecule has 88 valence electrons. The number of aromatic nitrogens is 2. The topological polar surface area (TPSA) is 47.0 Å². The van der Waals surface area contributed by atoms with Gasteiger partial charge in [-0.1, -0.05) is 12.1 Å². The molecule has 2 heterocycles. The second-order valence-electron chi connectivity index (χ2n) is 4.31. The predicted molar refractivity (Wildman–Crippen MR) is 66.3 cm³/mol. The van der Waals surface area contributed by atoms with Crippen molar-refractivity contribution in [2.75, 3.05) is 20.2 Å². The van der Waals surface area contributed by atoms with Crippen LogP contribution in [0.2, 0.25) is 0 Å². The zero-order chi connectivity index (χ0) is 11.7. The first kappa shape index (κ1) is 10.5. The largest absolute Gasteiger partial charge is 0.494 e. The van der Waals surface area contributed by atoms with Crippen LogP contribution in [0.15, 0.2) is 24.5 Å². The van der Waals surface area contributed by atoms with E-state index in [0.717, 1.165) is 41.9 Å². The molecule has 0 spiro atoms. The minimum atomic E-state index is 0.493. The Kier molecular flexibility index (Phi) is 2.65. The fraction of sp³-hybridized carbons (Fsp3) is 0.385. The van der Waals surface area contributed by atoms with Crippen molar-refractivity contribution in [3.05, 3.63) is 30.2 Å². The molecule has 0 bridgehead atoms. The maximum Gasteiger partial charge on any atom is 0.145 e. The summed E-state index contributed by atoms with van der Waals surface area (Å²) in [4.78, 5) is 8.79. The van der Waals surface area contributed by atoms with Gasteiger partial charge >= 0.3 is 0 Å². The van der Waals surface area contributed by atoms with Gasteiger partial charge < -0.3 is 10.1 Å². The zero-order valence-corrected chi connectivity index (χ0v) is 9.81. The molecule has 1 fully saturated rings. The molecule has 4 nitrogen and oxygen atoms in total. The number of hydrogen-bond acceptors (Lipinski definition) is 4. The Morgan fingerprint density at radius 2 is 2.29 bits per heavy atom. The molecule has 1 saturated heterocycles. The quantitative estimate of drug-likeness (QED) is 0.851. The summed E-state index contributed by atoms with van der Waals surface area (Å²) in [6.45, 7) is 2.07. The number of hydrogen-bond donors (Lipinski definition) is 1. The van der Waals surface area contributed by atoms with Gasteiger partial charge in [0, 0.05) is 17.8 Å². The highest BCUT2D eigenvalue weighted by Crippen LogP contribution is 2.30. The van der Waals surface area contributed by atoms with E-state index in [1.807, 2.05) is 12.1 Å². The summed E-state index contributed by atoms with van der Waals surface area (Å²) < 4.78 is 5.34. The molecular formula is C13H15N3O. The highest BCUT2D eigenvalue weighted by atomic mass is 16.5. The van der Waals surface area contributed by atoms with Crippen molar-refractivity contribution >= 4 is 10.9 Å². The van der Waals surface area contributed by atoms with Crippen molar-refractivity contribution in [2.45, 2.75) is 12.3 Å². The lowest BCUT2D eigenvalue weighted by molar-refractivity contribution is 0.418. The average molecular weight is 229 g/mol. The fourth-order valence-electron chi connectivity index (χ4n) is 2.46. The van der Waals surface area contributed by atoms with Crippen molar-refractivity contribution in [3.63, 3.8) is 0 Å². The van der Waals surface area contributed by atoms with E-state index in [-0.39, 0.29) is 0 Å². The number of nitrogens with one attached hydrogen (secondary N) is 1. The molecule has 1 aliphatic heterocycles. The number of ether oxygens (including phenoxy) is 1. The van der Waals surface area contributed by atoms with Crippen LogP contribution in [0, 0.1) is 0 Å². The Hall–Kier alpha value is -1.68. The smallest absolute Gasteiger partial charge is 0.145 e. The second-order valence-corrected chi connectivity index (χ2v) is 4.31. The number of rotatable bonds is 2. The standard InChI is InChI=1S/C13H15N3O/c1-17-11-4-2-3-10-12(9-5-6-14-7-9)15-8-16-13(10)11/h2-4,8-9,14H,5-7H2,1H3. The molecule has 0 saturated carbocycles. The number of benzene rings is 1. The summed E-state index contributed by atoms with van der Waals surface area (Å²) in [5.41, 5.74) is 2.05. The highest BCUT2D eigenvalue weighted by Gasteiger charge is 2.20. The van der Waals surface area contributed by atoms with Crippen LogP contribution in [-0.4, -0.2) is 30.2 Å². The first-order chi connectivity index (χ1) is 8.40. The van der Waals surface area contributed by atoms with Crippen molar-refractivity contribution in [1.82, 2.24) is 15.3 Å². The van der Waals surface area contributed by atoms with Crippen LogP contribution in [0.25, 0.3) is 10.9 Å². The lowest BCUT2D eigenvalue weighted by Gasteiger charge is -2.12. The highest BCUT2D eigenvalue weighted by molar-refractivity contribution is 5.86. The van der Waals surface area contributed by atoms with Crippen LogP contribution < -0.4 is 10.1 Å². The Labute approximate surface area is 100 Å². The number of methoxy groups -OCH3 is 1. The van der Waals surface area contributed by atoms with Gasteiger partial charge in [-0.15, -0.1) is 0 Å². The van der Waals surface area contributed by atoms with Crippen molar-refractivity contribution in [3.8, 4) is 5.75 Å².